The number of ether oxygens (including phenoxy) is 1. The lowest BCUT2D eigenvalue weighted by Crippen LogP contribution is -2.25. The van der Waals surface area contributed by atoms with E-state index in [2.05, 4.69) is 0 Å². The second-order valence-electron chi connectivity index (χ2n) is 4.07. The first-order valence-corrected chi connectivity index (χ1v) is 6.65. The van der Waals surface area contributed by atoms with E-state index in [9.17, 15) is 9.59 Å². The van der Waals surface area contributed by atoms with Gasteiger partial charge in [0.05, 0.1) is 17.6 Å². The molecule has 6 heteroatoms. The van der Waals surface area contributed by atoms with Gasteiger partial charge in [-0.15, -0.1) is 11.3 Å². The smallest absolute Gasteiger partial charge is 0.335 e. The first kappa shape index (κ1) is 14.1. The van der Waals surface area contributed by atoms with Crippen LogP contribution in [0.2, 0.25) is 0 Å². The Morgan fingerprint density at radius 2 is 1.90 bits per heavy atom. The van der Waals surface area contributed by atoms with Gasteiger partial charge in [-0.05, 0) is 24.3 Å². The van der Waals surface area contributed by atoms with Crippen molar-refractivity contribution in [2.45, 2.75) is 0 Å². The van der Waals surface area contributed by atoms with E-state index in [1.54, 1.807) is 37.7 Å². The molecular formula is C14H13NO4S. The zero-order valence-electron chi connectivity index (χ0n) is 11.0. The summed E-state index contributed by atoms with van der Waals surface area (Å²) in [5.41, 5.74) is 0.819. The number of amides is 1. The molecule has 0 spiro atoms. The summed E-state index contributed by atoms with van der Waals surface area (Å²) in [6, 6.07) is 7.82. The molecule has 0 aliphatic rings. The van der Waals surface area contributed by atoms with E-state index < -0.39 is 5.97 Å². The van der Waals surface area contributed by atoms with Crippen molar-refractivity contribution in [2.24, 2.45) is 0 Å². The highest BCUT2D eigenvalue weighted by atomic mass is 32.1. The van der Waals surface area contributed by atoms with Gasteiger partial charge in [0, 0.05) is 24.2 Å². The number of rotatable bonds is 4. The van der Waals surface area contributed by atoms with Gasteiger partial charge in [0.15, 0.2) is 0 Å². The second-order valence-corrected chi connectivity index (χ2v) is 4.98. The van der Waals surface area contributed by atoms with Crippen molar-refractivity contribution in [1.29, 1.82) is 0 Å². The fourth-order valence-corrected chi connectivity index (χ4v) is 2.48. The highest BCUT2D eigenvalue weighted by Crippen LogP contribution is 2.24. The van der Waals surface area contributed by atoms with Gasteiger partial charge in [-0.3, -0.25) is 4.79 Å². The number of hydrogen-bond acceptors (Lipinski definition) is 4. The highest BCUT2D eigenvalue weighted by molar-refractivity contribution is 7.12. The van der Waals surface area contributed by atoms with Gasteiger partial charge in [0.1, 0.15) is 5.75 Å². The number of anilines is 1. The number of aromatic carboxylic acids is 1. The Morgan fingerprint density at radius 3 is 2.40 bits per heavy atom. The monoisotopic (exact) mass is 291 g/mol. The summed E-state index contributed by atoms with van der Waals surface area (Å²) < 4.78 is 5.05. The third kappa shape index (κ3) is 2.80. The van der Waals surface area contributed by atoms with Crippen molar-refractivity contribution < 1.29 is 19.4 Å². The van der Waals surface area contributed by atoms with Crippen LogP contribution < -0.4 is 9.64 Å². The van der Waals surface area contributed by atoms with Gasteiger partial charge in [-0.25, -0.2) is 4.79 Å². The summed E-state index contributed by atoms with van der Waals surface area (Å²) >= 11 is 1.30. The van der Waals surface area contributed by atoms with Gasteiger partial charge in [0.25, 0.3) is 5.91 Å². The lowest BCUT2D eigenvalue weighted by molar-refractivity contribution is 0.0696. The Hall–Kier alpha value is -2.34. The van der Waals surface area contributed by atoms with Crippen LogP contribution in [0.5, 0.6) is 5.75 Å². The number of thiophene rings is 1. The quantitative estimate of drug-likeness (QED) is 0.940. The fourth-order valence-electron chi connectivity index (χ4n) is 1.65. The molecule has 0 radical (unpaired) electrons. The molecule has 20 heavy (non-hydrogen) atoms. The Bertz CT molecular complexity index is 633. The van der Waals surface area contributed by atoms with Crippen LogP contribution in [0.4, 0.5) is 5.69 Å². The van der Waals surface area contributed by atoms with E-state index in [1.807, 2.05) is 0 Å². The molecule has 1 amide bonds. The highest BCUT2D eigenvalue weighted by Gasteiger charge is 2.16. The second kappa shape index (κ2) is 5.75. The first-order valence-electron chi connectivity index (χ1n) is 5.77. The maximum absolute atomic E-state index is 12.3. The minimum atomic E-state index is -0.992. The Morgan fingerprint density at radius 1 is 1.25 bits per heavy atom. The van der Waals surface area contributed by atoms with Crippen molar-refractivity contribution in [3.63, 3.8) is 0 Å². The van der Waals surface area contributed by atoms with Gasteiger partial charge in [-0.1, -0.05) is 0 Å². The zero-order valence-corrected chi connectivity index (χ0v) is 11.8. The average molecular weight is 291 g/mol. The zero-order chi connectivity index (χ0) is 14.7. The Labute approximate surface area is 120 Å². The van der Waals surface area contributed by atoms with Gasteiger partial charge < -0.3 is 14.7 Å². The van der Waals surface area contributed by atoms with E-state index in [0.717, 1.165) is 0 Å². The Balaban J connectivity index is 2.19. The number of hydrogen-bond donors (Lipinski definition) is 1. The van der Waals surface area contributed by atoms with Crippen molar-refractivity contribution >= 4 is 28.9 Å². The third-order valence-corrected chi connectivity index (χ3v) is 3.72. The predicted molar refractivity (Wildman–Crippen MR) is 77.0 cm³/mol. The molecule has 0 fully saturated rings. The molecular weight excluding hydrogens is 278 g/mol. The minimum Gasteiger partial charge on any atom is -0.496 e. The lowest BCUT2D eigenvalue weighted by atomic mass is 10.2. The summed E-state index contributed by atoms with van der Waals surface area (Å²) in [6.45, 7) is 0. The van der Waals surface area contributed by atoms with Crippen LogP contribution in [0.15, 0.2) is 35.7 Å². The molecule has 0 aliphatic heterocycles. The molecule has 104 valence electrons. The number of carboxylic acid groups (broad SMARTS) is 1. The van der Waals surface area contributed by atoms with Crippen LogP contribution in [-0.4, -0.2) is 31.1 Å². The van der Waals surface area contributed by atoms with Gasteiger partial charge in [0.2, 0.25) is 0 Å². The topological polar surface area (TPSA) is 66.8 Å². The van der Waals surface area contributed by atoms with Crippen LogP contribution in [0.3, 0.4) is 0 Å². The van der Waals surface area contributed by atoms with Crippen LogP contribution >= 0.6 is 11.3 Å². The molecule has 0 bridgehead atoms. The molecule has 0 atom stereocenters. The third-order valence-electron chi connectivity index (χ3n) is 2.83. The number of methoxy groups -OCH3 is 1. The molecule has 2 aromatic rings. The van der Waals surface area contributed by atoms with E-state index in [1.165, 1.54) is 28.4 Å². The molecule has 5 nitrogen and oxygen atoms in total. The number of carbonyl (C=O) groups is 2. The summed E-state index contributed by atoms with van der Waals surface area (Å²) in [6.07, 6.45) is 0. The van der Waals surface area contributed by atoms with Crippen LogP contribution in [-0.2, 0) is 0 Å². The van der Waals surface area contributed by atoms with Crippen molar-refractivity contribution in [2.75, 3.05) is 19.1 Å². The molecule has 1 N–H and O–H groups in total. The largest absolute Gasteiger partial charge is 0.496 e. The maximum Gasteiger partial charge on any atom is 0.335 e. The summed E-state index contributed by atoms with van der Waals surface area (Å²) in [7, 11) is 3.19. The van der Waals surface area contributed by atoms with Gasteiger partial charge >= 0.3 is 5.97 Å². The minimum absolute atomic E-state index is 0.165. The fraction of sp³-hybridized carbons (Fsp3) is 0.143. The molecule has 1 heterocycles. The Kier molecular flexibility index (Phi) is 4.05. The first-order chi connectivity index (χ1) is 9.52. The summed E-state index contributed by atoms with van der Waals surface area (Å²) in [4.78, 5) is 25.1. The molecule has 2 rings (SSSR count). The van der Waals surface area contributed by atoms with E-state index in [4.69, 9.17) is 9.84 Å². The van der Waals surface area contributed by atoms with Crippen molar-refractivity contribution in [3.05, 3.63) is 46.2 Å². The summed E-state index contributed by atoms with van der Waals surface area (Å²) in [5, 5.41) is 10.6. The normalized spacial score (nSPS) is 10.1. The molecule has 0 aliphatic carbocycles. The molecule has 0 saturated heterocycles. The number of carbonyl (C=O) groups excluding carboxylic acids is 1. The van der Waals surface area contributed by atoms with E-state index in [-0.39, 0.29) is 11.5 Å². The van der Waals surface area contributed by atoms with E-state index in [0.29, 0.717) is 16.3 Å². The number of carboxylic acids is 1. The molecule has 1 aromatic heterocycles. The van der Waals surface area contributed by atoms with Crippen molar-refractivity contribution in [1.82, 2.24) is 0 Å². The van der Waals surface area contributed by atoms with Crippen LogP contribution in [0.1, 0.15) is 20.0 Å². The molecule has 0 saturated carbocycles. The molecule has 1 aromatic carbocycles. The average Bonchev–Trinajstić information content (AvgIpc) is 2.94. The maximum atomic E-state index is 12.3. The predicted octanol–water partition coefficient (Wildman–Crippen LogP) is 2.73. The standard InChI is InChI=1S/C14H13NO4S/c1-15(10-5-3-9(4-6-10)14(17)18)13(16)12-7-11(19-2)8-20-12/h3-8H,1-2H3,(H,17,18). The van der Waals surface area contributed by atoms with Crippen LogP contribution in [0, 0.1) is 0 Å². The number of benzene rings is 1. The molecule has 0 unspecified atom stereocenters. The van der Waals surface area contributed by atoms with Crippen molar-refractivity contribution in [3.8, 4) is 5.75 Å². The SMILES string of the molecule is COc1csc(C(=O)N(C)c2ccc(C(=O)O)cc2)c1. The summed E-state index contributed by atoms with van der Waals surface area (Å²) in [5.74, 6) is -0.511. The lowest BCUT2D eigenvalue weighted by Gasteiger charge is -2.16. The van der Waals surface area contributed by atoms with Crippen LogP contribution in [0.25, 0.3) is 0 Å². The van der Waals surface area contributed by atoms with Gasteiger partial charge in [-0.2, -0.15) is 0 Å². The van der Waals surface area contributed by atoms with E-state index >= 15 is 0 Å². The number of nitrogens with zero attached hydrogens (tertiary/aromatic N) is 1.